The van der Waals surface area contributed by atoms with Crippen LogP contribution < -0.4 is 0 Å². The molecule has 2 rings (SSSR count). The van der Waals surface area contributed by atoms with Crippen LogP contribution in [0.2, 0.25) is 0 Å². The van der Waals surface area contributed by atoms with E-state index in [4.69, 9.17) is 0 Å². The van der Waals surface area contributed by atoms with Crippen LogP contribution in [0, 0.1) is 0 Å². The average Bonchev–Trinajstić information content (AvgIpc) is 2.22. The number of hydrogen-bond donors (Lipinski definition) is 0. The third-order valence-corrected chi connectivity index (χ3v) is 3.03. The Labute approximate surface area is 104 Å². The fourth-order valence-corrected chi connectivity index (χ4v) is 1.94. The molecule has 0 unspecified atom stereocenters. The van der Waals surface area contributed by atoms with E-state index in [0.29, 0.717) is 12.1 Å². The molecule has 1 saturated carbocycles. The first-order valence-electron chi connectivity index (χ1n) is 5.38. The minimum absolute atomic E-state index is 0.00138. The molecule has 0 amide bonds. The predicted molar refractivity (Wildman–Crippen MR) is 53.4 cm³/mol. The van der Waals surface area contributed by atoms with Crippen LogP contribution in [0.15, 0.2) is 18.2 Å². The second-order valence-corrected chi connectivity index (χ2v) is 4.48. The van der Waals surface area contributed by atoms with Gasteiger partial charge in [-0.15, -0.1) is 0 Å². The van der Waals surface area contributed by atoms with Crippen LogP contribution in [0.25, 0.3) is 0 Å². The predicted octanol–water partition coefficient (Wildman–Crippen LogP) is 4.17. The van der Waals surface area contributed by atoms with Gasteiger partial charge in [0.05, 0.1) is 11.1 Å². The Morgan fingerprint density at radius 1 is 0.842 bits per heavy atom. The van der Waals surface area contributed by atoms with E-state index in [0.717, 1.165) is 0 Å². The van der Waals surface area contributed by atoms with Gasteiger partial charge in [-0.25, -0.2) is 0 Å². The lowest BCUT2D eigenvalue weighted by atomic mass is 9.78. The Morgan fingerprint density at radius 3 is 1.58 bits per heavy atom. The van der Waals surface area contributed by atoms with Crippen molar-refractivity contribution >= 4 is 5.78 Å². The van der Waals surface area contributed by atoms with Crippen LogP contribution in [0.4, 0.5) is 26.3 Å². The molecule has 0 heterocycles. The molecule has 0 radical (unpaired) electrons. The molecule has 0 saturated heterocycles. The monoisotopic (exact) mass is 282 g/mol. The molecule has 104 valence electrons. The number of carbonyl (C=O) groups excluding carboxylic acids is 1. The summed E-state index contributed by atoms with van der Waals surface area (Å²) in [6, 6.07) is 1.46. The molecule has 0 aliphatic heterocycles. The largest absolute Gasteiger partial charge is 0.416 e. The molecule has 1 fully saturated rings. The van der Waals surface area contributed by atoms with Crippen molar-refractivity contribution in [2.24, 2.45) is 0 Å². The van der Waals surface area contributed by atoms with Crippen LogP contribution in [0.3, 0.4) is 0 Å². The maximum Gasteiger partial charge on any atom is 0.416 e. The quantitative estimate of drug-likeness (QED) is 0.706. The molecule has 1 aromatic rings. The van der Waals surface area contributed by atoms with Crippen molar-refractivity contribution in [2.45, 2.75) is 31.1 Å². The van der Waals surface area contributed by atoms with E-state index in [-0.39, 0.29) is 30.3 Å². The number of Topliss-reactive ketones (excluding diaryl/α,β-unsaturated/α-hetero) is 1. The first-order valence-corrected chi connectivity index (χ1v) is 5.38. The van der Waals surface area contributed by atoms with Gasteiger partial charge in [0.15, 0.2) is 0 Å². The summed E-state index contributed by atoms with van der Waals surface area (Å²) in [4.78, 5) is 10.8. The molecule has 0 bridgehead atoms. The van der Waals surface area contributed by atoms with Gasteiger partial charge >= 0.3 is 12.4 Å². The summed E-state index contributed by atoms with van der Waals surface area (Å²) in [5.41, 5.74) is -2.75. The molecule has 1 aromatic carbocycles. The third kappa shape index (κ3) is 2.90. The molecule has 0 N–H and O–H groups in total. The maximum absolute atomic E-state index is 12.6. The molecule has 1 aliphatic carbocycles. The van der Waals surface area contributed by atoms with E-state index < -0.39 is 29.4 Å². The van der Waals surface area contributed by atoms with Crippen molar-refractivity contribution in [3.63, 3.8) is 0 Å². The van der Waals surface area contributed by atoms with E-state index in [9.17, 15) is 31.1 Å². The van der Waals surface area contributed by atoms with Gasteiger partial charge < -0.3 is 0 Å². The molecule has 0 spiro atoms. The summed E-state index contributed by atoms with van der Waals surface area (Å²) in [6.45, 7) is 0. The topological polar surface area (TPSA) is 17.1 Å². The highest BCUT2D eigenvalue weighted by Crippen LogP contribution is 2.41. The van der Waals surface area contributed by atoms with Gasteiger partial charge in [0.2, 0.25) is 0 Å². The van der Waals surface area contributed by atoms with Gasteiger partial charge in [-0.05, 0) is 29.7 Å². The highest BCUT2D eigenvalue weighted by Gasteiger charge is 2.38. The van der Waals surface area contributed by atoms with Gasteiger partial charge in [0.25, 0.3) is 0 Å². The van der Waals surface area contributed by atoms with E-state index in [1.54, 1.807) is 0 Å². The number of carbonyl (C=O) groups is 1. The van der Waals surface area contributed by atoms with Crippen LogP contribution in [0.5, 0.6) is 0 Å². The second kappa shape index (κ2) is 4.25. The zero-order valence-electron chi connectivity index (χ0n) is 9.40. The molecule has 19 heavy (non-hydrogen) atoms. The fourth-order valence-electron chi connectivity index (χ4n) is 1.94. The molecule has 0 atom stereocenters. The molecule has 7 heteroatoms. The summed E-state index contributed by atoms with van der Waals surface area (Å²) in [5, 5.41) is 0. The minimum atomic E-state index is -4.84. The van der Waals surface area contributed by atoms with Gasteiger partial charge in [-0.1, -0.05) is 0 Å². The Kier molecular flexibility index (Phi) is 3.10. The van der Waals surface area contributed by atoms with E-state index in [1.807, 2.05) is 0 Å². The smallest absolute Gasteiger partial charge is 0.300 e. The lowest BCUT2D eigenvalue weighted by Gasteiger charge is -2.26. The van der Waals surface area contributed by atoms with Crippen LogP contribution in [0.1, 0.15) is 35.4 Å². The van der Waals surface area contributed by atoms with Crippen molar-refractivity contribution in [3.05, 3.63) is 34.9 Å². The molecular weight excluding hydrogens is 274 g/mol. The molecule has 0 aromatic heterocycles. The number of alkyl halides is 6. The minimum Gasteiger partial charge on any atom is -0.300 e. The van der Waals surface area contributed by atoms with Crippen LogP contribution in [-0.2, 0) is 17.1 Å². The van der Waals surface area contributed by atoms with E-state index >= 15 is 0 Å². The zero-order chi connectivity index (χ0) is 14.4. The SMILES string of the molecule is O=C1CC(c2cc(C(F)(F)F)cc(C(F)(F)F)c2)C1. The molecular formula is C12H8F6O. The fraction of sp³-hybridized carbons (Fsp3) is 0.417. The summed E-state index contributed by atoms with van der Waals surface area (Å²) in [7, 11) is 0. The Morgan fingerprint density at radius 2 is 1.26 bits per heavy atom. The number of halogens is 6. The first-order chi connectivity index (χ1) is 8.57. The van der Waals surface area contributed by atoms with Gasteiger partial charge in [-0.2, -0.15) is 26.3 Å². The number of benzene rings is 1. The Balaban J connectivity index is 2.46. The third-order valence-electron chi connectivity index (χ3n) is 3.03. The summed E-state index contributed by atoms with van der Waals surface area (Å²) < 4.78 is 75.4. The summed E-state index contributed by atoms with van der Waals surface area (Å²) in [5.74, 6) is -0.702. The lowest BCUT2D eigenvalue weighted by Crippen LogP contribution is -2.22. The lowest BCUT2D eigenvalue weighted by molar-refractivity contribution is -0.143. The second-order valence-electron chi connectivity index (χ2n) is 4.48. The molecule has 1 nitrogen and oxygen atoms in total. The van der Waals surface area contributed by atoms with Crippen molar-refractivity contribution in [3.8, 4) is 0 Å². The highest BCUT2D eigenvalue weighted by molar-refractivity contribution is 5.86. The first kappa shape index (κ1) is 13.9. The van der Waals surface area contributed by atoms with E-state index in [2.05, 4.69) is 0 Å². The van der Waals surface area contributed by atoms with Crippen LogP contribution in [-0.4, -0.2) is 5.78 Å². The summed E-state index contributed by atoms with van der Waals surface area (Å²) >= 11 is 0. The zero-order valence-corrected chi connectivity index (χ0v) is 9.40. The number of rotatable bonds is 1. The van der Waals surface area contributed by atoms with E-state index in [1.165, 1.54) is 0 Å². The standard InChI is InChI=1S/C12H8F6O/c13-11(14,15)8-1-6(7-3-10(19)4-7)2-9(5-8)12(16,17)18/h1-2,5,7H,3-4H2. The van der Waals surface area contributed by atoms with Gasteiger partial charge in [0, 0.05) is 12.8 Å². The van der Waals surface area contributed by atoms with Crippen molar-refractivity contribution < 1.29 is 31.1 Å². The average molecular weight is 282 g/mol. The Hall–Kier alpha value is -1.53. The van der Waals surface area contributed by atoms with Gasteiger partial charge in [0.1, 0.15) is 5.78 Å². The van der Waals surface area contributed by atoms with Crippen LogP contribution >= 0.6 is 0 Å². The van der Waals surface area contributed by atoms with Crippen molar-refractivity contribution in [2.75, 3.05) is 0 Å². The van der Waals surface area contributed by atoms with Crippen molar-refractivity contribution in [1.29, 1.82) is 0 Å². The highest BCUT2D eigenvalue weighted by atomic mass is 19.4. The number of ketones is 1. The van der Waals surface area contributed by atoms with Crippen molar-refractivity contribution in [1.82, 2.24) is 0 Å². The maximum atomic E-state index is 12.6. The Bertz CT molecular complexity index is 474. The van der Waals surface area contributed by atoms with Gasteiger partial charge in [-0.3, -0.25) is 4.79 Å². The normalized spacial score (nSPS) is 17.5. The number of hydrogen-bond acceptors (Lipinski definition) is 1. The molecule has 1 aliphatic rings. The summed E-state index contributed by atoms with van der Waals surface area (Å²) in [6.07, 6.45) is -9.69.